The number of rotatable bonds is 2. The van der Waals surface area contributed by atoms with Crippen LogP contribution < -0.4 is 9.80 Å². The molecule has 0 radical (unpaired) electrons. The van der Waals surface area contributed by atoms with Crippen LogP contribution in [0, 0.1) is 11.3 Å². The highest BCUT2D eigenvalue weighted by molar-refractivity contribution is 7.15. The van der Waals surface area contributed by atoms with Crippen molar-refractivity contribution < 1.29 is 0 Å². The molecule has 2 aromatic rings. The number of nitrogens with zero attached hydrogens (tertiary/aromatic N) is 5. The average Bonchev–Trinajstić information content (AvgIpc) is 2.90. The Kier molecular flexibility index (Phi) is 3.28. The van der Waals surface area contributed by atoms with E-state index < -0.39 is 0 Å². The fourth-order valence-electron chi connectivity index (χ4n) is 2.29. The quantitative estimate of drug-likeness (QED) is 0.845. The first-order valence-electron chi connectivity index (χ1n) is 6.45. The fourth-order valence-corrected chi connectivity index (χ4v) is 3.33. The van der Waals surface area contributed by atoms with E-state index in [1.807, 2.05) is 25.1 Å². The van der Waals surface area contributed by atoms with E-state index >= 15 is 0 Å². The highest BCUT2D eigenvalue weighted by Gasteiger charge is 2.23. The zero-order valence-corrected chi connectivity index (χ0v) is 12.3. The molecule has 5 nitrogen and oxygen atoms in total. The summed E-state index contributed by atoms with van der Waals surface area (Å²) in [5, 5.41) is 10.2. The molecule has 0 bridgehead atoms. The van der Waals surface area contributed by atoms with Gasteiger partial charge in [0.2, 0.25) is 0 Å². The molecule has 102 valence electrons. The van der Waals surface area contributed by atoms with Gasteiger partial charge < -0.3 is 9.80 Å². The molecule has 1 aliphatic heterocycles. The van der Waals surface area contributed by atoms with Crippen molar-refractivity contribution in [1.29, 1.82) is 5.26 Å². The molecular formula is C14H15N5S. The summed E-state index contributed by atoms with van der Waals surface area (Å²) in [6.07, 6.45) is 2.64. The molecule has 6 heteroatoms. The Morgan fingerprint density at radius 1 is 1.45 bits per heavy atom. The summed E-state index contributed by atoms with van der Waals surface area (Å²) < 4.78 is 0. The van der Waals surface area contributed by atoms with Gasteiger partial charge in [0.25, 0.3) is 0 Å². The number of fused-ring (bicyclic) bond motifs is 1. The smallest absolute Gasteiger partial charge is 0.185 e. The number of pyridine rings is 1. The minimum atomic E-state index is 0.633. The van der Waals surface area contributed by atoms with Gasteiger partial charge in [-0.25, -0.2) is 9.97 Å². The van der Waals surface area contributed by atoms with Gasteiger partial charge in [-0.05, 0) is 12.1 Å². The number of anilines is 2. The maximum Gasteiger partial charge on any atom is 0.185 e. The van der Waals surface area contributed by atoms with Crippen molar-refractivity contribution in [2.45, 2.75) is 13.0 Å². The van der Waals surface area contributed by atoms with Crippen LogP contribution in [-0.4, -0.2) is 30.6 Å². The van der Waals surface area contributed by atoms with Crippen molar-refractivity contribution in [1.82, 2.24) is 9.97 Å². The number of hydrogen-bond acceptors (Lipinski definition) is 6. The highest BCUT2D eigenvalue weighted by Crippen LogP contribution is 2.31. The Hall–Kier alpha value is -2.13. The minimum Gasteiger partial charge on any atom is -0.354 e. The SMILES string of the molecule is CN(C)c1nc2c(s1)CN(c1ncccc1C#N)CC2. The second-order valence-corrected chi connectivity index (χ2v) is 5.98. The molecule has 0 atom stereocenters. The molecule has 1 aliphatic rings. The number of thiazole rings is 1. The predicted octanol–water partition coefficient (Wildman–Crippen LogP) is 2.04. The largest absolute Gasteiger partial charge is 0.354 e. The van der Waals surface area contributed by atoms with Crippen molar-refractivity contribution >= 4 is 22.3 Å². The zero-order chi connectivity index (χ0) is 14.1. The first-order chi connectivity index (χ1) is 9.69. The van der Waals surface area contributed by atoms with Gasteiger partial charge >= 0.3 is 0 Å². The Bertz CT molecular complexity index is 670. The Morgan fingerprint density at radius 3 is 3.05 bits per heavy atom. The molecule has 20 heavy (non-hydrogen) atoms. The van der Waals surface area contributed by atoms with Crippen molar-refractivity contribution in [3.8, 4) is 6.07 Å². The van der Waals surface area contributed by atoms with Gasteiger partial charge in [0, 0.05) is 38.1 Å². The van der Waals surface area contributed by atoms with Gasteiger partial charge in [0.05, 0.1) is 17.8 Å². The van der Waals surface area contributed by atoms with E-state index in [1.54, 1.807) is 23.6 Å². The lowest BCUT2D eigenvalue weighted by atomic mass is 10.1. The van der Waals surface area contributed by atoms with Crippen molar-refractivity contribution in [2.75, 3.05) is 30.4 Å². The van der Waals surface area contributed by atoms with Crippen LogP contribution in [0.3, 0.4) is 0 Å². The molecule has 0 saturated carbocycles. The minimum absolute atomic E-state index is 0.633. The molecule has 0 amide bonds. The molecule has 3 rings (SSSR count). The topological polar surface area (TPSA) is 56.1 Å². The van der Waals surface area contributed by atoms with E-state index in [2.05, 4.69) is 20.9 Å². The third kappa shape index (κ3) is 2.21. The molecule has 0 aliphatic carbocycles. The lowest BCUT2D eigenvalue weighted by Gasteiger charge is -2.27. The van der Waals surface area contributed by atoms with Crippen LogP contribution >= 0.6 is 11.3 Å². The van der Waals surface area contributed by atoms with Crippen molar-refractivity contribution in [3.05, 3.63) is 34.5 Å². The maximum absolute atomic E-state index is 9.19. The summed E-state index contributed by atoms with van der Waals surface area (Å²) in [6, 6.07) is 5.83. The summed E-state index contributed by atoms with van der Waals surface area (Å²) in [7, 11) is 4.02. The lowest BCUT2D eigenvalue weighted by molar-refractivity contribution is 0.717. The summed E-state index contributed by atoms with van der Waals surface area (Å²) in [6.45, 7) is 1.64. The molecule has 0 fully saturated rings. The second-order valence-electron chi connectivity index (χ2n) is 4.92. The molecule has 0 aromatic carbocycles. The van der Waals surface area contributed by atoms with Gasteiger partial charge in [-0.3, -0.25) is 0 Å². The summed E-state index contributed by atoms with van der Waals surface area (Å²) in [5.41, 5.74) is 1.82. The van der Waals surface area contributed by atoms with Gasteiger partial charge in [-0.1, -0.05) is 11.3 Å². The first-order valence-corrected chi connectivity index (χ1v) is 7.26. The monoisotopic (exact) mass is 285 g/mol. The number of hydrogen-bond donors (Lipinski definition) is 0. The Balaban J connectivity index is 1.90. The third-order valence-electron chi connectivity index (χ3n) is 3.31. The molecule has 0 spiro atoms. The van der Waals surface area contributed by atoms with Crippen LogP contribution in [-0.2, 0) is 13.0 Å². The molecule has 0 saturated heterocycles. The highest BCUT2D eigenvalue weighted by atomic mass is 32.1. The first kappa shape index (κ1) is 12.9. The van der Waals surface area contributed by atoms with Crippen LogP contribution in [0.5, 0.6) is 0 Å². The van der Waals surface area contributed by atoms with Gasteiger partial charge in [-0.15, -0.1) is 0 Å². The van der Waals surface area contributed by atoms with Crippen LogP contribution in [0.4, 0.5) is 10.9 Å². The average molecular weight is 285 g/mol. The summed E-state index contributed by atoms with van der Waals surface area (Å²) in [4.78, 5) is 14.5. The standard InChI is InChI=1S/C14H15N5S/c1-18(2)14-17-11-5-7-19(9-12(11)20-14)13-10(8-15)4-3-6-16-13/h3-4,6H,5,7,9H2,1-2H3. The second kappa shape index (κ2) is 5.10. The third-order valence-corrected chi connectivity index (χ3v) is 4.56. The number of nitriles is 1. The molecule has 0 unspecified atom stereocenters. The summed E-state index contributed by atoms with van der Waals surface area (Å²) in [5.74, 6) is 0.778. The summed E-state index contributed by atoms with van der Waals surface area (Å²) >= 11 is 1.72. The van der Waals surface area contributed by atoms with E-state index in [0.717, 1.165) is 30.5 Å². The molecule has 0 N–H and O–H groups in total. The maximum atomic E-state index is 9.19. The van der Waals surface area contributed by atoms with E-state index in [1.165, 1.54) is 10.6 Å². The van der Waals surface area contributed by atoms with Gasteiger partial charge in [-0.2, -0.15) is 5.26 Å². The van der Waals surface area contributed by atoms with Gasteiger partial charge in [0.1, 0.15) is 11.9 Å². The van der Waals surface area contributed by atoms with E-state index in [4.69, 9.17) is 0 Å². The number of aromatic nitrogens is 2. The molecule has 3 heterocycles. The van der Waals surface area contributed by atoms with Crippen LogP contribution in [0.15, 0.2) is 18.3 Å². The van der Waals surface area contributed by atoms with Crippen LogP contribution in [0.2, 0.25) is 0 Å². The van der Waals surface area contributed by atoms with E-state index in [0.29, 0.717) is 5.56 Å². The van der Waals surface area contributed by atoms with Gasteiger partial charge in [0.15, 0.2) is 5.13 Å². The Labute approximate surface area is 122 Å². The van der Waals surface area contributed by atoms with E-state index in [-0.39, 0.29) is 0 Å². The Morgan fingerprint density at radius 2 is 2.30 bits per heavy atom. The van der Waals surface area contributed by atoms with Crippen molar-refractivity contribution in [2.24, 2.45) is 0 Å². The lowest BCUT2D eigenvalue weighted by Crippen LogP contribution is -2.31. The predicted molar refractivity (Wildman–Crippen MR) is 80.1 cm³/mol. The van der Waals surface area contributed by atoms with Crippen LogP contribution in [0.25, 0.3) is 0 Å². The van der Waals surface area contributed by atoms with Crippen molar-refractivity contribution in [3.63, 3.8) is 0 Å². The molecular weight excluding hydrogens is 270 g/mol. The fraction of sp³-hybridized carbons (Fsp3) is 0.357. The van der Waals surface area contributed by atoms with Crippen LogP contribution in [0.1, 0.15) is 16.1 Å². The zero-order valence-electron chi connectivity index (χ0n) is 11.5. The normalized spacial score (nSPS) is 13.8. The molecule has 2 aromatic heterocycles. The van der Waals surface area contributed by atoms with E-state index in [9.17, 15) is 5.26 Å².